The zero-order valence-corrected chi connectivity index (χ0v) is 14.9. The molecule has 1 atom stereocenters. The standard InChI is InChI=1S/C17H24N6O2/c1-11-8-12(2)23(17(24)20-11)6-5-19-15-9-14(13-4-7-25-10-13)21-16(18-3)22-15/h8-9,13H,4-7,10H2,1-3H3,(H2,18,19,21,22)/t13-/m1/s1. The Morgan fingerprint density at radius 3 is 2.80 bits per heavy atom. The van der Waals surface area contributed by atoms with Gasteiger partial charge in [0, 0.05) is 50.1 Å². The van der Waals surface area contributed by atoms with E-state index >= 15 is 0 Å². The van der Waals surface area contributed by atoms with Crippen LogP contribution in [0.15, 0.2) is 16.9 Å². The minimum atomic E-state index is -0.221. The van der Waals surface area contributed by atoms with E-state index in [9.17, 15) is 4.79 Å². The van der Waals surface area contributed by atoms with E-state index in [4.69, 9.17) is 4.74 Å². The molecule has 2 aromatic rings. The van der Waals surface area contributed by atoms with Crippen molar-refractivity contribution in [3.63, 3.8) is 0 Å². The molecule has 2 aromatic heterocycles. The molecule has 0 bridgehead atoms. The summed E-state index contributed by atoms with van der Waals surface area (Å²) in [4.78, 5) is 25.0. The Balaban J connectivity index is 1.70. The highest BCUT2D eigenvalue weighted by atomic mass is 16.5. The van der Waals surface area contributed by atoms with Gasteiger partial charge in [-0.1, -0.05) is 0 Å². The summed E-state index contributed by atoms with van der Waals surface area (Å²) in [6.45, 7) is 6.31. The van der Waals surface area contributed by atoms with Crippen molar-refractivity contribution in [3.8, 4) is 0 Å². The molecule has 3 heterocycles. The highest BCUT2D eigenvalue weighted by Crippen LogP contribution is 2.25. The number of ether oxygens (including phenoxy) is 1. The van der Waals surface area contributed by atoms with Crippen LogP contribution in [0.25, 0.3) is 0 Å². The van der Waals surface area contributed by atoms with Crippen molar-refractivity contribution in [2.75, 3.05) is 37.4 Å². The molecule has 0 aromatic carbocycles. The van der Waals surface area contributed by atoms with Crippen molar-refractivity contribution in [2.24, 2.45) is 0 Å². The molecule has 3 rings (SSSR count). The Morgan fingerprint density at radius 2 is 2.12 bits per heavy atom. The summed E-state index contributed by atoms with van der Waals surface area (Å²) in [5, 5.41) is 6.28. The smallest absolute Gasteiger partial charge is 0.348 e. The normalized spacial score (nSPS) is 16.8. The Morgan fingerprint density at radius 1 is 1.28 bits per heavy atom. The first-order valence-electron chi connectivity index (χ1n) is 8.50. The molecule has 1 fully saturated rings. The molecule has 0 saturated carbocycles. The van der Waals surface area contributed by atoms with Crippen LogP contribution in [0.1, 0.15) is 29.4 Å². The molecule has 1 aliphatic heterocycles. The maximum Gasteiger partial charge on any atom is 0.348 e. The van der Waals surface area contributed by atoms with Crippen molar-refractivity contribution in [1.82, 2.24) is 19.5 Å². The van der Waals surface area contributed by atoms with Gasteiger partial charge in [0.05, 0.1) is 12.3 Å². The fourth-order valence-corrected chi connectivity index (χ4v) is 2.99. The summed E-state index contributed by atoms with van der Waals surface area (Å²) < 4.78 is 7.11. The van der Waals surface area contributed by atoms with Crippen LogP contribution in [0.2, 0.25) is 0 Å². The number of rotatable bonds is 6. The van der Waals surface area contributed by atoms with E-state index in [1.54, 1.807) is 11.6 Å². The lowest BCUT2D eigenvalue weighted by atomic mass is 10.0. The van der Waals surface area contributed by atoms with Crippen molar-refractivity contribution in [3.05, 3.63) is 39.7 Å². The summed E-state index contributed by atoms with van der Waals surface area (Å²) in [6, 6.07) is 3.87. The van der Waals surface area contributed by atoms with E-state index in [1.807, 2.05) is 26.0 Å². The van der Waals surface area contributed by atoms with Crippen LogP contribution in [0, 0.1) is 13.8 Å². The molecule has 8 heteroatoms. The molecule has 0 aliphatic carbocycles. The molecule has 134 valence electrons. The van der Waals surface area contributed by atoms with Crippen molar-refractivity contribution in [1.29, 1.82) is 0 Å². The highest BCUT2D eigenvalue weighted by molar-refractivity contribution is 5.43. The summed E-state index contributed by atoms with van der Waals surface area (Å²) in [5.41, 5.74) is 2.40. The first kappa shape index (κ1) is 17.3. The lowest BCUT2D eigenvalue weighted by Crippen LogP contribution is -2.28. The predicted molar refractivity (Wildman–Crippen MR) is 96.2 cm³/mol. The van der Waals surface area contributed by atoms with Gasteiger partial charge in [0.15, 0.2) is 0 Å². The Bertz CT molecular complexity index is 798. The first-order chi connectivity index (χ1) is 12.1. The summed E-state index contributed by atoms with van der Waals surface area (Å²) in [6.07, 6.45) is 0.975. The lowest BCUT2D eigenvalue weighted by Gasteiger charge is -2.14. The van der Waals surface area contributed by atoms with Crippen LogP contribution >= 0.6 is 0 Å². The van der Waals surface area contributed by atoms with E-state index in [-0.39, 0.29) is 5.69 Å². The van der Waals surface area contributed by atoms with Crippen LogP contribution in [0.5, 0.6) is 0 Å². The minimum Gasteiger partial charge on any atom is -0.381 e. The number of hydrogen-bond donors (Lipinski definition) is 2. The van der Waals surface area contributed by atoms with Gasteiger partial charge in [0.25, 0.3) is 0 Å². The predicted octanol–water partition coefficient (Wildman–Crippen LogP) is 1.31. The molecule has 25 heavy (non-hydrogen) atoms. The summed E-state index contributed by atoms with van der Waals surface area (Å²) >= 11 is 0. The molecule has 0 amide bonds. The minimum absolute atomic E-state index is 0.221. The van der Waals surface area contributed by atoms with E-state index in [0.717, 1.165) is 35.9 Å². The van der Waals surface area contributed by atoms with Gasteiger partial charge in [-0.05, 0) is 26.3 Å². The van der Waals surface area contributed by atoms with Gasteiger partial charge in [-0.15, -0.1) is 0 Å². The number of nitrogens with zero attached hydrogens (tertiary/aromatic N) is 4. The third-order valence-electron chi connectivity index (χ3n) is 4.31. The molecule has 0 radical (unpaired) electrons. The Labute approximate surface area is 146 Å². The molecule has 1 saturated heterocycles. The summed E-state index contributed by atoms with van der Waals surface area (Å²) in [5.74, 6) is 1.63. The van der Waals surface area contributed by atoms with Crippen LogP contribution in [-0.2, 0) is 11.3 Å². The molecular weight excluding hydrogens is 320 g/mol. The van der Waals surface area contributed by atoms with Gasteiger partial charge in [-0.25, -0.2) is 9.78 Å². The van der Waals surface area contributed by atoms with E-state index in [0.29, 0.717) is 31.6 Å². The second kappa shape index (κ2) is 7.60. The van der Waals surface area contributed by atoms with Crippen molar-refractivity contribution < 1.29 is 4.74 Å². The fourth-order valence-electron chi connectivity index (χ4n) is 2.99. The van der Waals surface area contributed by atoms with Gasteiger partial charge in [-0.3, -0.25) is 4.57 Å². The second-order valence-electron chi connectivity index (χ2n) is 6.21. The first-order valence-corrected chi connectivity index (χ1v) is 8.50. The maximum absolute atomic E-state index is 12.0. The average Bonchev–Trinajstić information content (AvgIpc) is 3.11. The summed E-state index contributed by atoms with van der Waals surface area (Å²) in [7, 11) is 1.80. The third kappa shape index (κ3) is 4.14. The molecule has 0 spiro atoms. The molecule has 2 N–H and O–H groups in total. The largest absolute Gasteiger partial charge is 0.381 e. The SMILES string of the molecule is CNc1nc(NCCn2c(C)cc(C)nc2=O)cc([C@@H]2CCOC2)n1. The second-order valence-corrected chi connectivity index (χ2v) is 6.21. The Kier molecular flexibility index (Phi) is 5.28. The number of aryl methyl sites for hydroxylation is 2. The molecule has 8 nitrogen and oxygen atoms in total. The molecular formula is C17H24N6O2. The van der Waals surface area contributed by atoms with Gasteiger partial charge in [0.1, 0.15) is 5.82 Å². The van der Waals surface area contributed by atoms with Crippen LogP contribution in [-0.4, -0.2) is 46.3 Å². The van der Waals surface area contributed by atoms with Crippen molar-refractivity contribution in [2.45, 2.75) is 32.7 Å². The quantitative estimate of drug-likeness (QED) is 0.816. The Hall–Kier alpha value is -2.48. The number of hydrogen-bond acceptors (Lipinski definition) is 7. The third-order valence-corrected chi connectivity index (χ3v) is 4.31. The maximum atomic E-state index is 12.0. The van der Waals surface area contributed by atoms with Crippen molar-refractivity contribution >= 4 is 11.8 Å². The van der Waals surface area contributed by atoms with E-state index in [2.05, 4.69) is 25.6 Å². The zero-order chi connectivity index (χ0) is 17.8. The topological polar surface area (TPSA) is 94.0 Å². The van der Waals surface area contributed by atoms with Crippen LogP contribution in [0.3, 0.4) is 0 Å². The van der Waals surface area contributed by atoms with E-state index in [1.165, 1.54) is 0 Å². The molecule has 0 unspecified atom stereocenters. The van der Waals surface area contributed by atoms with Crippen LogP contribution < -0.4 is 16.3 Å². The van der Waals surface area contributed by atoms with Gasteiger partial charge < -0.3 is 15.4 Å². The van der Waals surface area contributed by atoms with Gasteiger partial charge in [-0.2, -0.15) is 9.97 Å². The van der Waals surface area contributed by atoms with Gasteiger partial charge in [0.2, 0.25) is 5.95 Å². The van der Waals surface area contributed by atoms with Crippen LogP contribution in [0.4, 0.5) is 11.8 Å². The van der Waals surface area contributed by atoms with Gasteiger partial charge >= 0.3 is 5.69 Å². The number of nitrogens with one attached hydrogen (secondary N) is 2. The monoisotopic (exact) mass is 344 g/mol. The zero-order valence-electron chi connectivity index (χ0n) is 14.9. The highest BCUT2D eigenvalue weighted by Gasteiger charge is 2.20. The number of anilines is 2. The lowest BCUT2D eigenvalue weighted by molar-refractivity contribution is 0.193. The van der Waals surface area contributed by atoms with E-state index < -0.39 is 0 Å². The average molecular weight is 344 g/mol. The number of aromatic nitrogens is 4. The fraction of sp³-hybridized carbons (Fsp3) is 0.529. The molecule has 1 aliphatic rings.